The third kappa shape index (κ3) is 3.16. The van der Waals surface area contributed by atoms with Crippen LogP contribution in [0.15, 0.2) is 30.3 Å². The van der Waals surface area contributed by atoms with E-state index in [1.165, 1.54) is 0 Å². The normalized spacial score (nSPS) is 10.6. The van der Waals surface area contributed by atoms with Crippen LogP contribution in [0, 0.1) is 0 Å². The van der Waals surface area contributed by atoms with Crippen LogP contribution < -0.4 is 4.74 Å². The van der Waals surface area contributed by atoms with Crippen molar-refractivity contribution in [2.45, 2.75) is 40.0 Å². The maximum atomic E-state index is 11.1. The molecule has 0 spiro atoms. The summed E-state index contributed by atoms with van der Waals surface area (Å²) in [6.45, 7) is 6.01. The van der Waals surface area contributed by atoms with Crippen LogP contribution in [-0.2, 0) is 19.3 Å². The second-order valence-corrected chi connectivity index (χ2v) is 5.28. The van der Waals surface area contributed by atoms with Gasteiger partial charge in [0.2, 0.25) is 0 Å². The van der Waals surface area contributed by atoms with Gasteiger partial charge in [-0.3, -0.25) is 0 Å². The molecule has 0 bridgehead atoms. The highest BCUT2D eigenvalue weighted by molar-refractivity contribution is 5.81. The molecule has 0 radical (unpaired) electrons. The van der Waals surface area contributed by atoms with Gasteiger partial charge in [-0.1, -0.05) is 51.1 Å². The van der Waals surface area contributed by atoms with Gasteiger partial charge in [0.05, 0.1) is 0 Å². The molecule has 0 aliphatic carbocycles. The minimum Gasteiger partial charge on any atom is -0.504 e. The summed E-state index contributed by atoms with van der Waals surface area (Å²) in [4.78, 5) is 11.1. The predicted octanol–water partition coefficient (Wildman–Crippen LogP) is 4.80. The van der Waals surface area contributed by atoms with Crippen molar-refractivity contribution in [3.8, 4) is 22.6 Å². The lowest BCUT2D eigenvalue weighted by atomic mass is 9.87. The molecule has 2 aromatic rings. The van der Waals surface area contributed by atoms with Crippen molar-refractivity contribution in [2.24, 2.45) is 0 Å². The van der Waals surface area contributed by atoms with E-state index in [-0.39, 0.29) is 11.5 Å². The Morgan fingerprint density at radius 2 is 1.52 bits per heavy atom. The molecule has 0 unspecified atom stereocenters. The Kier molecular flexibility index (Phi) is 5.27. The van der Waals surface area contributed by atoms with E-state index in [1.54, 1.807) is 0 Å². The standard InChI is InChI=1S/C19H22O4/c1-4-13-14(5-2)16(12-10-8-7-9-11-12)17(20)18(15(13)6-3)23-19(21)22/h7-11,20H,4-6H2,1-3H3,(H,21,22). The van der Waals surface area contributed by atoms with Crippen molar-refractivity contribution in [3.63, 3.8) is 0 Å². The van der Waals surface area contributed by atoms with Crippen molar-refractivity contribution in [2.75, 3.05) is 0 Å². The minimum atomic E-state index is -1.42. The van der Waals surface area contributed by atoms with Gasteiger partial charge in [-0.05, 0) is 36.0 Å². The number of hydrogen-bond acceptors (Lipinski definition) is 3. The molecular weight excluding hydrogens is 292 g/mol. The van der Waals surface area contributed by atoms with Crippen LogP contribution >= 0.6 is 0 Å². The highest BCUT2D eigenvalue weighted by atomic mass is 16.7. The van der Waals surface area contributed by atoms with E-state index in [4.69, 9.17) is 9.84 Å². The van der Waals surface area contributed by atoms with Crippen molar-refractivity contribution in [1.29, 1.82) is 0 Å². The van der Waals surface area contributed by atoms with Gasteiger partial charge in [0.1, 0.15) is 0 Å². The molecule has 4 heteroatoms. The molecule has 2 aromatic carbocycles. The molecular formula is C19H22O4. The van der Waals surface area contributed by atoms with Crippen LogP contribution in [0.5, 0.6) is 11.5 Å². The van der Waals surface area contributed by atoms with Gasteiger partial charge in [0, 0.05) is 11.1 Å². The summed E-state index contributed by atoms with van der Waals surface area (Å²) < 4.78 is 4.94. The molecule has 4 nitrogen and oxygen atoms in total. The van der Waals surface area contributed by atoms with E-state index < -0.39 is 6.16 Å². The molecule has 0 saturated heterocycles. The Balaban J connectivity index is 2.87. The smallest absolute Gasteiger partial charge is 0.504 e. The molecule has 23 heavy (non-hydrogen) atoms. The van der Waals surface area contributed by atoms with E-state index >= 15 is 0 Å². The highest BCUT2D eigenvalue weighted by Crippen LogP contribution is 2.45. The van der Waals surface area contributed by atoms with Crippen LogP contribution in [-0.4, -0.2) is 16.4 Å². The van der Waals surface area contributed by atoms with Crippen LogP contribution in [0.1, 0.15) is 37.5 Å². The molecule has 0 amide bonds. The average Bonchev–Trinajstić information content (AvgIpc) is 2.56. The number of hydrogen-bond donors (Lipinski definition) is 2. The topological polar surface area (TPSA) is 66.8 Å². The Morgan fingerprint density at radius 3 is 2.00 bits per heavy atom. The van der Waals surface area contributed by atoms with Crippen LogP contribution in [0.2, 0.25) is 0 Å². The lowest BCUT2D eigenvalue weighted by Gasteiger charge is -2.22. The fourth-order valence-electron chi connectivity index (χ4n) is 3.17. The second kappa shape index (κ2) is 7.18. The largest absolute Gasteiger partial charge is 0.511 e. The lowest BCUT2D eigenvalue weighted by molar-refractivity contribution is 0.142. The lowest BCUT2D eigenvalue weighted by Crippen LogP contribution is -2.10. The van der Waals surface area contributed by atoms with E-state index in [0.29, 0.717) is 12.0 Å². The fraction of sp³-hybridized carbons (Fsp3) is 0.316. The quantitative estimate of drug-likeness (QED) is 0.614. The maximum Gasteiger partial charge on any atom is 0.511 e. The number of benzene rings is 2. The zero-order chi connectivity index (χ0) is 17.0. The van der Waals surface area contributed by atoms with Crippen LogP contribution in [0.3, 0.4) is 0 Å². The number of carboxylic acid groups (broad SMARTS) is 1. The number of ether oxygens (including phenoxy) is 1. The summed E-state index contributed by atoms with van der Waals surface area (Å²) in [6, 6.07) is 9.51. The first kappa shape index (κ1) is 16.9. The first-order valence-electron chi connectivity index (χ1n) is 7.90. The maximum absolute atomic E-state index is 11.1. The first-order valence-corrected chi connectivity index (χ1v) is 7.90. The monoisotopic (exact) mass is 314 g/mol. The summed E-state index contributed by atoms with van der Waals surface area (Å²) in [7, 11) is 0. The number of phenols is 1. The van der Waals surface area contributed by atoms with E-state index in [0.717, 1.165) is 35.1 Å². The molecule has 0 heterocycles. The van der Waals surface area contributed by atoms with Crippen LogP contribution in [0.4, 0.5) is 4.79 Å². The summed E-state index contributed by atoms with van der Waals surface area (Å²) in [5.74, 6) is -0.0302. The third-order valence-corrected chi connectivity index (χ3v) is 4.07. The fourth-order valence-corrected chi connectivity index (χ4v) is 3.17. The van der Waals surface area contributed by atoms with Crippen LogP contribution in [0.25, 0.3) is 11.1 Å². The number of rotatable bonds is 5. The molecule has 122 valence electrons. The average molecular weight is 314 g/mol. The van der Waals surface area contributed by atoms with Gasteiger partial charge in [0.25, 0.3) is 0 Å². The van der Waals surface area contributed by atoms with Crippen molar-refractivity contribution < 1.29 is 19.7 Å². The Bertz CT molecular complexity index is 705. The third-order valence-electron chi connectivity index (χ3n) is 4.07. The molecule has 0 aliphatic rings. The number of aromatic hydroxyl groups is 1. The Hall–Kier alpha value is -2.49. The van der Waals surface area contributed by atoms with Gasteiger partial charge in [-0.25, -0.2) is 4.79 Å². The molecule has 2 N–H and O–H groups in total. The summed E-state index contributed by atoms with van der Waals surface area (Å²) in [5.41, 5.74) is 4.39. The Labute approximate surface area is 136 Å². The van der Waals surface area contributed by atoms with Crippen molar-refractivity contribution in [3.05, 3.63) is 47.0 Å². The van der Waals surface area contributed by atoms with E-state index in [1.807, 2.05) is 51.1 Å². The zero-order valence-electron chi connectivity index (χ0n) is 13.7. The summed E-state index contributed by atoms with van der Waals surface area (Å²) in [5, 5.41) is 19.8. The van der Waals surface area contributed by atoms with E-state index in [2.05, 4.69) is 0 Å². The van der Waals surface area contributed by atoms with Crippen molar-refractivity contribution in [1.82, 2.24) is 0 Å². The van der Waals surface area contributed by atoms with Gasteiger partial charge in [-0.2, -0.15) is 0 Å². The minimum absolute atomic E-state index is 0.0629. The van der Waals surface area contributed by atoms with Crippen molar-refractivity contribution >= 4 is 6.16 Å². The van der Waals surface area contributed by atoms with Gasteiger partial charge in [-0.15, -0.1) is 0 Å². The molecule has 2 rings (SSSR count). The molecule has 0 atom stereocenters. The Morgan fingerprint density at radius 1 is 0.957 bits per heavy atom. The second-order valence-electron chi connectivity index (χ2n) is 5.28. The molecule has 0 saturated carbocycles. The predicted molar refractivity (Wildman–Crippen MR) is 90.3 cm³/mol. The molecule has 0 aliphatic heterocycles. The first-order chi connectivity index (χ1) is 11.0. The SMILES string of the molecule is CCc1c(CC)c(OC(=O)O)c(O)c(-c2ccccc2)c1CC. The summed E-state index contributed by atoms with van der Waals surface area (Å²) in [6.07, 6.45) is 0.686. The van der Waals surface area contributed by atoms with Gasteiger partial charge < -0.3 is 14.9 Å². The molecule has 0 fully saturated rings. The van der Waals surface area contributed by atoms with Gasteiger partial charge >= 0.3 is 6.16 Å². The number of phenolic OH excluding ortho intramolecular Hbond substituents is 1. The summed E-state index contributed by atoms with van der Waals surface area (Å²) >= 11 is 0. The van der Waals surface area contributed by atoms with Gasteiger partial charge in [0.15, 0.2) is 11.5 Å². The molecule has 0 aromatic heterocycles. The van der Waals surface area contributed by atoms with E-state index in [9.17, 15) is 9.90 Å². The highest BCUT2D eigenvalue weighted by Gasteiger charge is 2.24. The zero-order valence-corrected chi connectivity index (χ0v) is 13.7. The number of carbonyl (C=O) groups is 1.